The first-order valence-corrected chi connectivity index (χ1v) is 14.2. The summed E-state index contributed by atoms with van der Waals surface area (Å²) in [6.45, 7) is 1.78. The van der Waals surface area contributed by atoms with Gasteiger partial charge in [0, 0.05) is 39.8 Å². The van der Waals surface area contributed by atoms with E-state index < -0.39 is 23.5 Å². The summed E-state index contributed by atoms with van der Waals surface area (Å²) < 4.78 is 36.3. The van der Waals surface area contributed by atoms with Crippen LogP contribution >= 0.6 is 22.9 Å². The number of aromatic nitrogens is 3. The Morgan fingerprint density at radius 3 is 2.70 bits per heavy atom. The molecule has 0 atom stereocenters. The lowest BCUT2D eigenvalue weighted by atomic mass is 9.97. The third-order valence-corrected chi connectivity index (χ3v) is 8.11. The first kappa shape index (κ1) is 30.0. The summed E-state index contributed by atoms with van der Waals surface area (Å²) in [7, 11) is 3.44. The van der Waals surface area contributed by atoms with Gasteiger partial charge in [-0.25, -0.2) is 18.6 Å². The second-order valence-electron chi connectivity index (χ2n) is 9.96. The highest BCUT2D eigenvalue weighted by Crippen LogP contribution is 2.39. The Labute approximate surface area is 253 Å². The topological polar surface area (TPSA) is 121 Å². The summed E-state index contributed by atoms with van der Waals surface area (Å²) >= 11 is 7.54. The smallest absolute Gasteiger partial charge is 0.338 e. The minimum atomic E-state index is -2.95. The van der Waals surface area contributed by atoms with Gasteiger partial charge in [0.2, 0.25) is 0 Å². The van der Waals surface area contributed by atoms with Gasteiger partial charge >= 0.3 is 5.97 Å². The van der Waals surface area contributed by atoms with Gasteiger partial charge in [-0.2, -0.15) is 5.26 Å². The standard InChI is InChI=1S/C30H24ClF2N5O4S/c1-15-36-22-10-16(13-37(2)3)24(28(32)33)20(12-34)25(22)29(39)38(15)8-9-42-23-5-4-17(31)11-19(23)18-6-7-35-26-21(30(40)41)14-43-27(18)26/h4-7,10-11,14,28H,8-9,13H2,1-3H3,(H,40,41). The maximum atomic E-state index is 14.1. The molecule has 0 aliphatic rings. The van der Waals surface area contributed by atoms with Crippen molar-refractivity contribution >= 4 is 50.0 Å². The minimum absolute atomic E-state index is 0.0100. The fourth-order valence-corrected chi connectivity index (χ4v) is 6.24. The van der Waals surface area contributed by atoms with Gasteiger partial charge in [0.25, 0.3) is 12.0 Å². The number of carboxylic acid groups (broad SMARTS) is 1. The second kappa shape index (κ2) is 12.0. The van der Waals surface area contributed by atoms with Crippen molar-refractivity contribution in [3.05, 3.63) is 85.4 Å². The van der Waals surface area contributed by atoms with Gasteiger partial charge in [0.15, 0.2) is 0 Å². The third-order valence-electron chi connectivity index (χ3n) is 6.87. The lowest BCUT2D eigenvalue weighted by Crippen LogP contribution is -2.28. The molecule has 220 valence electrons. The zero-order valence-electron chi connectivity index (χ0n) is 23.2. The molecule has 5 aromatic rings. The van der Waals surface area contributed by atoms with E-state index in [0.717, 1.165) is 0 Å². The van der Waals surface area contributed by atoms with E-state index in [-0.39, 0.29) is 47.3 Å². The molecule has 0 amide bonds. The van der Waals surface area contributed by atoms with Crippen molar-refractivity contribution in [2.45, 2.75) is 26.4 Å². The number of nitriles is 1. The monoisotopic (exact) mass is 623 g/mol. The number of alkyl halides is 2. The first-order valence-electron chi connectivity index (χ1n) is 12.9. The van der Waals surface area contributed by atoms with Crippen LogP contribution in [0, 0.1) is 18.3 Å². The number of carbonyl (C=O) groups is 1. The summed E-state index contributed by atoms with van der Waals surface area (Å²) in [4.78, 5) is 35.7. The molecule has 0 bridgehead atoms. The van der Waals surface area contributed by atoms with Crippen LogP contribution < -0.4 is 10.3 Å². The van der Waals surface area contributed by atoms with E-state index in [1.807, 2.05) is 6.07 Å². The Bertz CT molecular complexity index is 2000. The maximum absolute atomic E-state index is 14.1. The molecule has 1 N–H and O–H groups in total. The van der Waals surface area contributed by atoms with Crippen molar-refractivity contribution in [3.8, 4) is 22.9 Å². The average molecular weight is 624 g/mol. The summed E-state index contributed by atoms with van der Waals surface area (Å²) in [5.41, 5.74) is 0.648. The number of thiophene rings is 1. The largest absolute Gasteiger partial charge is 0.491 e. The number of hydrogen-bond donors (Lipinski definition) is 1. The number of carboxylic acids is 1. The number of benzene rings is 2. The fourth-order valence-electron chi connectivity index (χ4n) is 5.04. The lowest BCUT2D eigenvalue weighted by Gasteiger charge is -2.18. The molecule has 0 aliphatic heterocycles. The van der Waals surface area contributed by atoms with Crippen LogP contribution in [0.4, 0.5) is 8.78 Å². The number of fused-ring (bicyclic) bond motifs is 2. The SMILES string of the molecule is Cc1nc2cc(CN(C)C)c(C(F)F)c(C#N)c2c(=O)n1CCOc1ccc(Cl)cc1-c1ccnc2c(C(=O)O)csc12. The molecule has 0 aliphatic carbocycles. The average Bonchev–Trinajstić information content (AvgIpc) is 3.39. The van der Waals surface area contributed by atoms with Gasteiger partial charge in [0.1, 0.15) is 24.3 Å². The molecule has 3 aromatic heterocycles. The Morgan fingerprint density at radius 2 is 2.02 bits per heavy atom. The number of hydrogen-bond acceptors (Lipinski definition) is 8. The Hall–Kier alpha value is -4.44. The molecule has 2 aromatic carbocycles. The highest BCUT2D eigenvalue weighted by atomic mass is 35.5. The van der Waals surface area contributed by atoms with Crippen LogP contribution in [0.5, 0.6) is 5.75 Å². The molecule has 3 heterocycles. The highest BCUT2D eigenvalue weighted by molar-refractivity contribution is 7.18. The van der Waals surface area contributed by atoms with Gasteiger partial charge in [-0.05, 0) is 56.9 Å². The number of aryl methyl sites for hydroxylation is 1. The van der Waals surface area contributed by atoms with Crippen LogP contribution in [0.1, 0.15) is 39.3 Å². The molecule has 5 rings (SSSR count). The van der Waals surface area contributed by atoms with Crippen LogP contribution in [0.15, 0.2) is 46.7 Å². The van der Waals surface area contributed by atoms with Crippen LogP contribution in [-0.4, -0.2) is 51.2 Å². The second-order valence-corrected chi connectivity index (χ2v) is 11.3. The van der Waals surface area contributed by atoms with Gasteiger partial charge in [-0.3, -0.25) is 14.3 Å². The van der Waals surface area contributed by atoms with Crippen molar-refractivity contribution in [2.24, 2.45) is 0 Å². The van der Waals surface area contributed by atoms with Gasteiger partial charge in [0.05, 0.1) is 38.8 Å². The first-order chi connectivity index (χ1) is 20.5. The molecule has 0 saturated heterocycles. The van der Waals surface area contributed by atoms with Crippen molar-refractivity contribution < 1.29 is 23.4 Å². The van der Waals surface area contributed by atoms with E-state index in [2.05, 4.69) is 9.97 Å². The van der Waals surface area contributed by atoms with Crippen molar-refractivity contribution in [2.75, 3.05) is 20.7 Å². The Balaban J connectivity index is 1.52. The predicted octanol–water partition coefficient (Wildman–Crippen LogP) is 6.28. The van der Waals surface area contributed by atoms with Gasteiger partial charge < -0.3 is 14.7 Å². The quantitative estimate of drug-likeness (QED) is 0.204. The number of rotatable bonds is 9. The van der Waals surface area contributed by atoms with Crippen LogP contribution in [-0.2, 0) is 13.1 Å². The summed E-state index contributed by atoms with van der Waals surface area (Å²) in [6.07, 6.45) is -1.44. The van der Waals surface area contributed by atoms with E-state index in [1.165, 1.54) is 33.5 Å². The molecule has 0 spiro atoms. The summed E-state index contributed by atoms with van der Waals surface area (Å²) in [5, 5.41) is 21.2. The van der Waals surface area contributed by atoms with E-state index in [0.29, 0.717) is 37.9 Å². The van der Waals surface area contributed by atoms with E-state index >= 15 is 0 Å². The minimum Gasteiger partial charge on any atom is -0.491 e. The maximum Gasteiger partial charge on any atom is 0.338 e. The number of pyridine rings is 1. The molecule has 0 fully saturated rings. The Kier molecular flexibility index (Phi) is 8.41. The van der Waals surface area contributed by atoms with E-state index in [4.69, 9.17) is 16.3 Å². The lowest BCUT2D eigenvalue weighted by molar-refractivity contribution is 0.0699. The third kappa shape index (κ3) is 5.67. The normalized spacial score (nSPS) is 11.5. The van der Waals surface area contributed by atoms with Crippen LogP contribution in [0.2, 0.25) is 5.02 Å². The zero-order chi connectivity index (χ0) is 31.0. The van der Waals surface area contributed by atoms with E-state index in [9.17, 15) is 28.7 Å². The highest BCUT2D eigenvalue weighted by Gasteiger charge is 2.25. The zero-order valence-corrected chi connectivity index (χ0v) is 24.8. The van der Waals surface area contributed by atoms with Crippen molar-refractivity contribution in [1.29, 1.82) is 5.26 Å². The molecular weight excluding hydrogens is 600 g/mol. The van der Waals surface area contributed by atoms with Crippen molar-refractivity contribution in [1.82, 2.24) is 19.4 Å². The Morgan fingerprint density at radius 1 is 1.26 bits per heavy atom. The fraction of sp³-hybridized carbons (Fsp3) is 0.233. The molecule has 13 heteroatoms. The summed E-state index contributed by atoms with van der Waals surface area (Å²) in [5.74, 6) is -0.331. The molecule has 9 nitrogen and oxygen atoms in total. The number of nitrogens with zero attached hydrogens (tertiary/aromatic N) is 5. The molecular formula is C30H24ClF2N5O4S. The molecule has 0 saturated carbocycles. The number of ether oxygens (including phenoxy) is 1. The van der Waals surface area contributed by atoms with Gasteiger partial charge in [-0.1, -0.05) is 11.6 Å². The number of aromatic carboxylic acids is 1. The van der Waals surface area contributed by atoms with E-state index in [1.54, 1.807) is 50.2 Å². The van der Waals surface area contributed by atoms with Gasteiger partial charge in [-0.15, -0.1) is 11.3 Å². The summed E-state index contributed by atoms with van der Waals surface area (Å²) in [6, 6.07) is 10.0. The number of halogens is 3. The molecule has 43 heavy (non-hydrogen) atoms. The molecule has 0 unspecified atom stereocenters. The van der Waals surface area contributed by atoms with Crippen molar-refractivity contribution in [3.63, 3.8) is 0 Å². The predicted molar refractivity (Wildman–Crippen MR) is 160 cm³/mol. The van der Waals surface area contributed by atoms with Crippen LogP contribution in [0.3, 0.4) is 0 Å². The molecule has 0 radical (unpaired) electrons. The van der Waals surface area contributed by atoms with Crippen LogP contribution in [0.25, 0.3) is 32.2 Å².